The maximum Gasteiger partial charge on any atom is 0.303 e. The Bertz CT molecular complexity index is 857. The van der Waals surface area contributed by atoms with Gasteiger partial charge in [0.25, 0.3) is 0 Å². The highest BCUT2D eigenvalue weighted by Gasteiger charge is 2.61. The van der Waals surface area contributed by atoms with Gasteiger partial charge < -0.3 is 47.4 Å². The highest BCUT2D eigenvalue weighted by molar-refractivity contribution is 5.68. The summed E-state index contributed by atoms with van der Waals surface area (Å²) in [5, 5.41) is 0. The molecule has 4 heterocycles. The average Bonchev–Trinajstić information content (AvgIpc) is 3.34. The van der Waals surface area contributed by atoms with Gasteiger partial charge in [-0.25, -0.2) is 0 Å². The monoisotopic (exact) mass is 518 g/mol. The normalized spacial score (nSPS) is 40.9. The number of ether oxygens (including phenoxy) is 10. The van der Waals surface area contributed by atoms with Crippen molar-refractivity contribution < 1.29 is 61.8 Å². The van der Waals surface area contributed by atoms with Crippen molar-refractivity contribution in [1.29, 1.82) is 0 Å². The molecule has 4 saturated heterocycles. The standard InChI is InChI=1S/C23H34O13/c1-10(24)29-13-8-27-20(18(31-12(3)26)15(13)30-11(2)25)33-17-16(14-9-28-22(4,5)34-14)32-21-19(17)35-23(6,7)36-21/h13-21H,8-9H2,1-7H3. The first-order chi connectivity index (χ1) is 16.7. The fourth-order valence-electron chi connectivity index (χ4n) is 4.82. The van der Waals surface area contributed by atoms with Gasteiger partial charge in [0.1, 0.15) is 24.4 Å². The second kappa shape index (κ2) is 10.1. The molecule has 0 aliphatic carbocycles. The van der Waals surface area contributed by atoms with E-state index in [2.05, 4.69) is 0 Å². The second-order valence-electron chi connectivity index (χ2n) is 10.0. The molecule has 0 bridgehead atoms. The molecule has 0 aromatic heterocycles. The SMILES string of the molecule is CC(=O)OC1COC(OC2C(C3COC(C)(C)O3)OC3OC(C)(C)OC32)C(OC(C)=O)C1OC(C)=O. The fourth-order valence-corrected chi connectivity index (χ4v) is 4.82. The molecule has 4 fully saturated rings. The van der Waals surface area contributed by atoms with Crippen LogP contribution in [0.4, 0.5) is 0 Å². The molecule has 4 rings (SSSR count). The largest absolute Gasteiger partial charge is 0.456 e. The van der Waals surface area contributed by atoms with Gasteiger partial charge in [-0.15, -0.1) is 0 Å². The third-order valence-corrected chi connectivity index (χ3v) is 6.02. The van der Waals surface area contributed by atoms with Crippen molar-refractivity contribution >= 4 is 17.9 Å². The van der Waals surface area contributed by atoms with E-state index in [-0.39, 0.29) is 13.2 Å². The maximum absolute atomic E-state index is 12.0. The summed E-state index contributed by atoms with van der Waals surface area (Å²) in [5.74, 6) is -3.71. The van der Waals surface area contributed by atoms with Crippen molar-refractivity contribution in [2.45, 2.75) is 115 Å². The quantitative estimate of drug-likeness (QED) is 0.357. The number of hydrogen-bond acceptors (Lipinski definition) is 13. The zero-order valence-corrected chi connectivity index (χ0v) is 21.4. The molecule has 9 atom stereocenters. The van der Waals surface area contributed by atoms with E-state index >= 15 is 0 Å². The lowest BCUT2D eigenvalue weighted by atomic mass is 10.0. The van der Waals surface area contributed by atoms with Gasteiger partial charge in [-0.1, -0.05) is 0 Å². The molecule has 4 aliphatic rings. The van der Waals surface area contributed by atoms with Crippen LogP contribution in [0.5, 0.6) is 0 Å². The van der Waals surface area contributed by atoms with Crippen LogP contribution < -0.4 is 0 Å². The van der Waals surface area contributed by atoms with Gasteiger partial charge in [-0.2, -0.15) is 0 Å². The molecule has 0 aromatic rings. The Balaban J connectivity index is 1.60. The highest BCUT2D eigenvalue weighted by atomic mass is 16.9. The van der Waals surface area contributed by atoms with E-state index in [0.717, 1.165) is 0 Å². The van der Waals surface area contributed by atoms with Crippen molar-refractivity contribution in [3.05, 3.63) is 0 Å². The Hall–Kier alpha value is -1.87. The van der Waals surface area contributed by atoms with Crippen molar-refractivity contribution in [1.82, 2.24) is 0 Å². The van der Waals surface area contributed by atoms with Crippen molar-refractivity contribution in [2.24, 2.45) is 0 Å². The first-order valence-electron chi connectivity index (χ1n) is 11.9. The fraction of sp³-hybridized carbons (Fsp3) is 0.870. The molecule has 204 valence electrons. The Morgan fingerprint density at radius 2 is 1.36 bits per heavy atom. The van der Waals surface area contributed by atoms with Crippen LogP contribution >= 0.6 is 0 Å². The molecule has 13 heteroatoms. The predicted molar refractivity (Wildman–Crippen MR) is 115 cm³/mol. The van der Waals surface area contributed by atoms with E-state index < -0.39 is 84.8 Å². The average molecular weight is 519 g/mol. The number of esters is 3. The molecule has 0 N–H and O–H groups in total. The summed E-state index contributed by atoms with van der Waals surface area (Å²) in [6.45, 7) is 10.7. The maximum atomic E-state index is 12.0. The third kappa shape index (κ3) is 5.98. The number of rotatable bonds is 6. The van der Waals surface area contributed by atoms with Gasteiger partial charge in [0.05, 0.1) is 13.2 Å². The number of carbonyl (C=O) groups is 3. The smallest absolute Gasteiger partial charge is 0.303 e. The molecule has 0 saturated carbocycles. The summed E-state index contributed by atoms with van der Waals surface area (Å²) in [6.07, 6.45) is -8.08. The predicted octanol–water partition coefficient (Wildman–Crippen LogP) is 0.551. The van der Waals surface area contributed by atoms with Crippen LogP contribution in [0.3, 0.4) is 0 Å². The molecular weight excluding hydrogens is 484 g/mol. The van der Waals surface area contributed by atoms with Gasteiger partial charge in [0, 0.05) is 20.8 Å². The van der Waals surface area contributed by atoms with Crippen LogP contribution in [0.15, 0.2) is 0 Å². The van der Waals surface area contributed by atoms with E-state index in [1.807, 2.05) is 0 Å². The minimum atomic E-state index is -1.25. The summed E-state index contributed by atoms with van der Waals surface area (Å²) in [4.78, 5) is 35.5. The summed E-state index contributed by atoms with van der Waals surface area (Å²) >= 11 is 0. The minimum absolute atomic E-state index is 0.175. The molecule has 9 unspecified atom stereocenters. The van der Waals surface area contributed by atoms with E-state index in [4.69, 9.17) is 47.4 Å². The third-order valence-electron chi connectivity index (χ3n) is 6.02. The number of carbonyl (C=O) groups excluding carboxylic acids is 3. The summed E-state index contributed by atoms with van der Waals surface area (Å²) in [6, 6.07) is 0. The van der Waals surface area contributed by atoms with Crippen LogP contribution in [0, 0.1) is 0 Å². The topological polar surface area (TPSA) is 144 Å². The lowest BCUT2D eigenvalue weighted by Gasteiger charge is -2.41. The Kier molecular flexibility index (Phi) is 7.64. The highest BCUT2D eigenvalue weighted by Crippen LogP contribution is 2.43. The first kappa shape index (κ1) is 27.2. The lowest BCUT2D eigenvalue weighted by molar-refractivity contribution is -0.307. The van der Waals surface area contributed by atoms with Gasteiger partial charge in [0.15, 0.2) is 42.5 Å². The van der Waals surface area contributed by atoms with Crippen LogP contribution in [-0.2, 0) is 61.8 Å². The Labute approximate surface area is 208 Å². The summed E-state index contributed by atoms with van der Waals surface area (Å²) in [7, 11) is 0. The molecule has 0 spiro atoms. The Morgan fingerprint density at radius 1 is 0.722 bits per heavy atom. The van der Waals surface area contributed by atoms with E-state index in [1.54, 1.807) is 27.7 Å². The van der Waals surface area contributed by atoms with Gasteiger partial charge >= 0.3 is 17.9 Å². The lowest BCUT2D eigenvalue weighted by Crippen LogP contribution is -2.60. The van der Waals surface area contributed by atoms with Crippen LogP contribution in [0.2, 0.25) is 0 Å². The van der Waals surface area contributed by atoms with Gasteiger partial charge in [0.2, 0.25) is 0 Å². The van der Waals surface area contributed by atoms with E-state index in [9.17, 15) is 14.4 Å². The molecular formula is C23H34O13. The molecule has 0 amide bonds. The van der Waals surface area contributed by atoms with E-state index in [0.29, 0.717) is 0 Å². The van der Waals surface area contributed by atoms with Gasteiger partial charge in [-0.05, 0) is 27.7 Å². The first-order valence-corrected chi connectivity index (χ1v) is 11.9. The van der Waals surface area contributed by atoms with Crippen LogP contribution in [0.25, 0.3) is 0 Å². The molecule has 4 aliphatic heterocycles. The molecule has 0 aromatic carbocycles. The summed E-state index contributed by atoms with van der Waals surface area (Å²) < 4.78 is 58.1. The molecule has 13 nitrogen and oxygen atoms in total. The van der Waals surface area contributed by atoms with Crippen molar-refractivity contribution in [3.63, 3.8) is 0 Å². The van der Waals surface area contributed by atoms with E-state index in [1.165, 1.54) is 20.8 Å². The van der Waals surface area contributed by atoms with Crippen LogP contribution in [0.1, 0.15) is 48.5 Å². The zero-order chi connectivity index (χ0) is 26.4. The van der Waals surface area contributed by atoms with Gasteiger partial charge in [-0.3, -0.25) is 14.4 Å². The zero-order valence-electron chi connectivity index (χ0n) is 21.4. The minimum Gasteiger partial charge on any atom is -0.456 e. The Morgan fingerprint density at radius 3 is 1.94 bits per heavy atom. The number of hydrogen-bond donors (Lipinski definition) is 0. The number of fused-ring (bicyclic) bond motifs is 1. The van der Waals surface area contributed by atoms with Crippen molar-refractivity contribution in [3.8, 4) is 0 Å². The van der Waals surface area contributed by atoms with Crippen LogP contribution in [-0.4, -0.2) is 98.0 Å². The van der Waals surface area contributed by atoms with Crippen molar-refractivity contribution in [2.75, 3.05) is 13.2 Å². The second-order valence-corrected chi connectivity index (χ2v) is 10.0. The summed E-state index contributed by atoms with van der Waals surface area (Å²) in [5.41, 5.74) is 0. The molecule has 0 radical (unpaired) electrons. The molecule has 36 heavy (non-hydrogen) atoms.